The Hall–Kier alpha value is -3.82. The van der Waals surface area contributed by atoms with E-state index < -0.39 is 5.91 Å². The number of nitrogens with one attached hydrogen (secondary N) is 1. The molecule has 2 heterocycles. The fourth-order valence-corrected chi connectivity index (χ4v) is 4.77. The molecule has 0 radical (unpaired) electrons. The number of hydrogen-bond donors (Lipinski definition) is 1. The lowest BCUT2D eigenvalue weighted by Gasteiger charge is -2.36. The molecule has 1 aromatic heterocycles. The van der Waals surface area contributed by atoms with Gasteiger partial charge in [0.1, 0.15) is 18.1 Å². The fourth-order valence-electron chi connectivity index (χ4n) is 4.77. The first kappa shape index (κ1) is 28.2. The number of ether oxygens (including phenoxy) is 2. The van der Waals surface area contributed by atoms with Crippen LogP contribution in [0.5, 0.6) is 5.75 Å². The Kier molecular flexibility index (Phi) is 9.62. The van der Waals surface area contributed by atoms with E-state index in [1.54, 1.807) is 37.3 Å². The number of amides is 2. The number of aromatic nitrogens is 2. The largest absolute Gasteiger partial charge is 0.491 e. The molecule has 1 N–H and O–H groups in total. The molecule has 2 aromatic carbocycles. The number of fused-ring (bicyclic) bond motifs is 1. The van der Waals surface area contributed by atoms with Crippen LogP contribution in [0.15, 0.2) is 67.1 Å². The second-order valence-electron chi connectivity index (χ2n) is 10.1. The number of carbonyl (C=O) groups is 2. The van der Waals surface area contributed by atoms with Gasteiger partial charge < -0.3 is 19.7 Å². The van der Waals surface area contributed by atoms with Gasteiger partial charge in [-0.3, -0.25) is 19.5 Å². The summed E-state index contributed by atoms with van der Waals surface area (Å²) in [4.78, 5) is 38.3. The van der Waals surface area contributed by atoms with E-state index in [1.807, 2.05) is 6.07 Å². The van der Waals surface area contributed by atoms with Crippen LogP contribution in [0.25, 0.3) is 0 Å². The predicted molar refractivity (Wildman–Crippen MR) is 150 cm³/mol. The van der Waals surface area contributed by atoms with Gasteiger partial charge in [-0.05, 0) is 43.0 Å². The van der Waals surface area contributed by atoms with Crippen LogP contribution < -0.4 is 10.1 Å². The molecule has 0 fully saturated rings. The van der Waals surface area contributed by atoms with Gasteiger partial charge >= 0.3 is 0 Å². The minimum atomic E-state index is -0.408. The van der Waals surface area contributed by atoms with Gasteiger partial charge in [-0.1, -0.05) is 37.3 Å². The summed E-state index contributed by atoms with van der Waals surface area (Å²) in [5, 5.41) is 2.80. The molecule has 2 amide bonds. The third-order valence-corrected chi connectivity index (χ3v) is 7.16. The quantitative estimate of drug-likeness (QED) is 0.517. The van der Waals surface area contributed by atoms with Crippen LogP contribution in [0.4, 0.5) is 5.69 Å². The number of methoxy groups -OCH3 is 1. The number of nitrogens with zero attached hydrogens (tertiary/aromatic N) is 4. The van der Waals surface area contributed by atoms with Gasteiger partial charge in [-0.15, -0.1) is 0 Å². The summed E-state index contributed by atoms with van der Waals surface area (Å²) in [5.41, 5.74) is 2.32. The Morgan fingerprint density at radius 3 is 2.64 bits per heavy atom. The van der Waals surface area contributed by atoms with Crippen molar-refractivity contribution in [3.05, 3.63) is 83.9 Å². The lowest BCUT2D eigenvalue weighted by molar-refractivity contribution is 0.0109. The highest BCUT2D eigenvalue weighted by molar-refractivity contribution is 6.04. The zero-order chi connectivity index (χ0) is 27.8. The molecule has 1 aliphatic heterocycles. The maximum atomic E-state index is 13.6. The highest BCUT2D eigenvalue weighted by atomic mass is 16.5. The number of likely N-dealkylation sites (N-methyl/N-ethyl adjacent to an activating group) is 1. The van der Waals surface area contributed by atoms with Gasteiger partial charge in [0.05, 0.1) is 17.9 Å². The van der Waals surface area contributed by atoms with E-state index in [0.717, 1.165) is 19.5 Å². The van der Waals surface area contributed by atoms with Crippen LogP contribution in [0.1, 0.15) is 40.3 Å². The number of rotatable bonds is 6. The molecule has 0 bridgehead atoms. The van der Waals surface area contributed by atoms with Crippen molar-refractivity contribution in [1.82, 2.24) is 19.8 Å². The van der Waals surface area contributed by atoms with Gasteiger partial charge in [-0.25, -0.2) is 4.98 Å². The van der Waals surface area contributed by atoms with E-state index in [9.17, 15) is 9.59 Å². The Morgan fingerprint density at radius 1 is 1.13 bits per heavy atom. The Morgan fingerprint density at radius 2 is 1.92 bits per heavy atom. The Balaban J connectivity index is 1.58. The van der Waals surface area contributed by atoms with Crippen molar-refractivity contribution in [3.8, 4) is 5.75 Å². The third-order valence-electron chi connectivity index (χ3n) is 7.16. The van der Waals surface area contributed by atoms with Crippen LogP contribution in [-0.2, 0) is 11.2 Å². The molecule has 9 heteroatoms. The molecule has 3 atom stereocenters. The van der Waals surface area contributed by atoms with Crippen LogP contribution >= 0.6 is 0 Å². The summed E-state index contributed by atoms with van der Waals surface area (Å²) in [6, 6.07) is 15.7. The SMILES string of the molecule is CO[C@H]1CN(C)C(=O)c2cc(NC(=O)c3cnccn3)ccc2OC[C@H](C)N(CCc2ccccc2)C[C@@H]1C. The zero-order valence-electron chi connectivity index (χ0n) is 23.0. The minimum absolute atomic E-state index is 0.102. The van der Waals surface area contributed by atoms with Crippen LogP contribution in [-0.4, -0.2) is 84.1 Å². The number of anilines is 1. The van der Waals surface area contributed by atoms with Crippen LogP contribution in [0.3, 0.4) is 0 Å². The average Bonchev–Trinajstić information content (AvgIpc) is 2.96. The second kappa shape index (κ2) is 13.3. The van der Waals surface area contributed by atoms with Crippen molar-refractivity contribution in [1.29, 1.82) is 0 Å². The van der Waals surface area contributed by atoms with Crippen LogP contribution in [0, 0.1) is 5.92 Å². The molecule has 1 aliphatic rings. The fraction of sp³-hybridized carbons (Fsp3) is 0.400. The molecule has 4 rings (SSSR count). The molecular formula is C30H37N5O4. The molecule has 0 aliphatic carbocycles. The zero-order valence-corrected chi connectivity index (χ0v) is 23.0. The van der Waals surface area contributed by atoms with Gasteiger partial charge in [0.15, 0.2) is 0 Å². The summed E-state index contributed by atoms with van der Waals surface area (Å²) in [6.07, 6.45) is 5.13. The van der Waals surface area contributed by atoms with Gasteiger partial charge in [0.2, 0.25) is 0 Å². The van der Waals surface area contributed by atoms with E-state index in [1.165, 1.54) is 24.2 Å². The topological polar surface area (TPSA) is 96.9 Å². The van der Waals surface area contributed by atoms with Crippen molar-refractivity contribution in [2.24, 2.45) is 5.92 Å². The summed E-state index contributed by atoms with van der Waals surface area (Å²) in [6.45, 7) is 6.84. The summed E-state index contributed by atoms with van der Waals surface area (Å²) in [5.74, 6) is 0.0414. The van der Waals surface area contributed by atoms with E-state index >= 15 is 0 Å². The molecule has 206 valence electrons. The molecule has 0 saturated carbocycles. The second-order valence-corrected chi connectivity index (χ2v) is 10.1. The first-order valence-corrected chi connectivity index (χ1v) is 13.3. The smallest absolute Gasteiger partial charge is 0.275 e. The normalized spacial score (nSPS) is 20.8. The van der Waals surface area contributed by atoms with E-state index in [4.69, 9.17) is 9.47 Å². The lowest BCUT2D eigenvalue weighted by atomic mass is 10.0. The maximum Gasteiger partial charge on any atom is 0.275 e. The average molecular weight is 532 g/mol. The molecule has 0 spiro atoms. The standard InChI is InChI=1S/C30H37N5O4/c1-21-18-35(15-12-23-8-6-5-7-9-23)22(2)20-39-27-11-10-24(33-29(36)26-17-31-13-14-32-26)16-25(27)30(37)34(3)19-28(21)38-4/h5-11,13-14,16-17,21-22,28H,12,15,18-20H2,1-4H3,(H,33,36)/t21-,22-,28-/m0/s1. The summed E-state index contributed by atoms with van der Waals surface area (Å²) >= 11 is 0. The van der Waals surface area contributed by atoms with Crippen molar-refractivity contribution in [2.75, 3.05) is 45.7 Å². The molecule has 3 aromatic rings. The maximum absolute atomic E-state index is 13.6. The third kappa shape index (κ3) is 7.40. The summed E-state index contributed by atoms with van der Waals surface area (Å²) < 4.78 is 12.1. The number of carbonyl (C=O) groups excluding carboxylic acids is 2. The molecule has 0 saturated heterocycles. The molecule has 39 heavy (non-hydrogen) atoms. The Labute approximate surface area is 230 Å². The van der Waals surface area contributed by atoms with Crippen molar-refractivity contribution >= 4 is 17.5 Å². The lowest BCUT2D eigenvalue weighted by Crippen LogP contribution is -2.47. The Bertz CT molecular complexity index is 1240. The molecule has 9 nitrogen and oxygen atoms in total. The number of benzene rings is 2. The molecular weight excluding hydrogens is 494 g/mol. The monoisotopic (exact) mass is 531 g/mol. The summed E-state index contributed by atoms with van der Waals surface area (Å²) in [7, 11) is 3.46. The first-order valence-electron chi connectivity index (χ1n) is 13.3. The van der Waals surface area contributed by atoms with E-state index in [-0.39, 0.29) is 29.7 Å². The van der Waals surface area contributed by atoms with Crippen molar-refractivity contribution in [3.63, 3.8) is 0 Å². The number of hydrogen-bond acceptors (Lipinski definition) is 7. The highest BCUT2D eigenvalue weighted by Gasteiger charge is 2.28. The van der Waals surface area contributed by atoms with Crippen molar-refractivity contribution in [2.45, 2.75) is 32.4 Å². The van der Waals surface area contributed by atoms with Crippen molar-refractivity contribution < 1.29 is 19.1 Å². The van der Waals surface area contributed by atoms with Gasteiger partial charge in [0.25, 0.3) is 11.8 Å². The predicted octanol–water partition coefficient (Wildman–Crippen LogP) is 3.78. The van der Waals surface area contributed by atoms with E-state index in [2.05, 4.69) is 58.3 Å². The van der Waals surface area contributed by atoms with E-state index in [0.29, 0.717) is 30.2 Å². The molecule has 0 unspecified atom stereocenters. The minimum Gasteiger partial charge on any atom is -0.491 e. The highest BCUT2D eigenvalue weighted by Crippen LogP contribution is 2.27. The van der Waals surface area contributed by atoms with Crippen LogP contribution in [0.2, 0.25) is 0 Å². The first-order chi connectivity index (χ1) is 18.9. The van der Waals surface area contributed by atoms with Gasteiger partial charge in [0, 0.05) is 57.9 Å². The van der Waals surface area contributed by atoms with Gasteiger partial charge in [-0.2, -0.15) is 0 Å².